The fourth-order valence-electron chi connectivity index (χ4n) is 4.30. The minimum absolute atomic E-state index is 0.0648. The van der Waals surface area contributed by atoms with Gasteiger partial charge in [0.25, 0.3) is 11.7 Å². The topological polar surface area (TPSA) is 113 Å². The number of likely N-dealkylation sites (tertiary alicyclic amines) is 1. The highest BCUT2D eigenvalue weighted by Crippen LogP contribution is 2.40. The summed E-state index contributed by atoms with van der Waals surface area (Å²) in [5.41, 5.74) is 0.773. The van der Waals surface area contributed by atoms with Crippen molar-refractivity contribution < 1.29 is 32.6 Å². The minimum Gasteiger partial charge on any atom is -0.507 e. The van der Waals surface area contributed by atoms with Crippen molar-refractivity contribution in [3.63, 3.8) is 0 Å². The van der Waals surface area contributed by atoms with Crippen LogP contribution < -0.4 is 4.74 Å². The van der Waals surface area contributed by atoms with Crippen LogP contribution in [0.2, 0.25) is 0 Å². The maximum Gasteiger partial charge on any atom is 0.295 e. The highest BCUT2D eigenvalue weighted by molar-refractivity contribution is 7.89. The molecule has 194 valence electrons. The molecule has 1 saturated heterocycles. The molecule has 0 aromatic heterocycles. The van der Waals surface area contributed by atoms with Crippen molar-refractivity contribution in [3.8, 4) is 5.75 Å². The molecule has 1 fully saturated rings. The van der Waals surface area contributed by atoms with Gasteiger partial charge in [-0.2, -0.15) is 4.31 Å². The number of aliphatic hydroxyl groups is 1. The lowest BCUT2D eigenvalue weighted by Gasteiger charge is -2.25. The number of nitrogens with zero attached hydrogens (tertiary/aromatic N) is 2. The molecule has 0 saturated carbocycles. The molecule has 36 heavy (non-hydrogen) atoms. The molecule has 1 aliphatic rings. The van der Waals surface area contributed by atoms with E-state index in [0.717, 1.165) is 0 Å². The second-order valence-corrected chi connectivity index (χ2v) is 10.2. The summed E-state index contributed by atoms with van der Waals surface area (Å²) in [5.74, 6) is -1.36. The van der Waals surface area contributed by atoms with Crippen LogP contribution in [0, 0.1) is 0 Å². The number of carbonyl (C=O) groups excluding carboxylic acids is 2. The highest BCUT2D eigenvalue weighted by Gasteiger charge is 2.45. The highest BCUT2D eigenvalue weighted by atomic mass is 32.2. The number of rotatable bonds is 11. The van der Waals surface area contributed by atoms with Crippen molar-refractivity contribution in [2.24, 2.45) is 0 Å². The van der Waals surface area contributed by atoms with E-state index in [1.165, 1.54) is 40.6 Å². The summed E-state index contributed by atoms with van der Waals surface area (Å²) in [6.45, 7) is 4.81. The molecule has 0 aliphatic carbocycles. The Hall–Kier alpha value is -3.21. The van der Waals surface area contributed by atoms with Gasteiger partial charge in [0.15, 0.2) is 0 Å². The summed E-state index contributed by atoms with van der Waals surface area (Å²) in [5, 5.41) is 11.2. The van der Waals surface area contributed by atoms with Gasteiger partial charge < -0.3 is 19.5 Å². The largest absolute Gasteiger partial charge is 0.507 e. The first kappa shape index (κ1) is 27.4. The van der Waals surface area contributed by atoms with Crippen LogP contribution in [-0.4, -0.2) is 74.9 Å². The SMILES string of the molecule is CCN(CC)S(=O)(=O)c1ccc(/C(O)=C2\C(=O)C(=O)N(CCCOC)C2c2cccc(OC)c2)cc1. The first-order valence-corrected chi connectivity index (χ1v) is 13.2. The molecule has 1 amide bonds. The Morgan fingerprint density at radius 2 is 1.72 bits per heavy atom. The monoisotopic (exact) mass is 516 g/mol. The summed E-state index contributed by atoms with van der Waals surface area (Å²) in [6.07, 6.45) is 0.502. The number of ether oxygens (including phenoxy) is 2. The summed E-state index contributed by atoms with van der Waals surface area (Å²) in [6, 6.07) is 11.8. The first-order valence-electron chi connectivity index (χ1n) is 11.7. The van der Waals surface area contributed by atoms with E-state index in [0.29, 0.717) is 37.4 Å². The molecule has 1 aliphatic heterocycles. The Morgan fingerprint density at radius 1 is 1.06 bits per heavy atom. The van der Waals surface area contributed by atoms with Crippen LogP contribution in [0.1, 0.15) is 37.4 Å². The van der Waals surface area contributed by atoms with Gasteiger partial charge in [-0.25, -0.2) is 8.42 Å². The third-order valence-corrected chi connectivity index (χ3v) is 8.23. The summed E-state index contributed by atoms with van der Waals surface area (Å²) in [4.78, 5) is 27.6. The fraction of sp³-hybridized carbons (Fsp3) is 0.385. The Labute approximate surface area is 212 Å². The number of sulfonamides is 1. The van der Waals surface area contributed by atoms with Gasteiger partial charge in [0.2, 0.25) is 10.0 Å². The van der Waals surface area contributed by atoms with Gasteiger partial charge in [0, 0.05) is 38.9 Å². The number of aliphatic hydroxyl groups excluding tert-OH is 1. The lowest BCUT2D eigenvalue weighted by molar-refractivity contribution is -0.140. The quantitative estimate of drug-likeness (QED) is 0.211. The van der Waals surface area contributed by atoms with Crippen molar-refractivity contribution in [2.45, 2.75) is 31.2 Å². The lowest BCUT2D eigenvalue weighted by atomic mass is 9.95. The predicted octanol–water partition coefficient (Wildman–Crippen LogP) is 3.18. The second-order valence-electron chi connectivity index (χ2n) is 8.23. The van der Waals surface area contributed by atoms with Crippen LogP contribution >= 0.6 is 0 Å². The normalized spacial score (nSPS) is 17.7. The van der Waals surface area contributed by atoms with Crippen LogP contribution in [0.4, 0.5) is 0 Å². The Morgan fingerprint density at radius 3 is 2.31 bits per heavy atom. The molecule has 2 aromatic carbocycles. The molecular formula is C26H32N2O7S. The smallest absolute Gasteiger partial charge is 0.295 e. The number of hydrogen-bond acceptors (Lipinski definition) is 7. The molecule has 9 nitrogen and oxygen atoms in total. The molecule has 1 heterocycles. The summed E-state index contributed by atoms with van der Waals surface area (Å²) in [7, 11) is -0.615. The molecule has 1 atom stereocenters. The summed E-state index contributed by atoms with van der Waals surface area (Å²) < 4.78 is 37.4. The van der Waals surface area contributed by atoms with Crippen LogP contribution in [0.15, 0.2) is 59.0 Å². The van der Waals surface area contributed by atoms with E-state index in [1.54, 1.807) is 45.2 Å². The molecular weight excluding hydrogens is 484 g/mol. The zero-order valence-electron chi connectivity index (χ0n) is 20.9. The second kappa shape index (κ2) is 11.7. The molecule has 0 spiro atoms. The standard InChI is InChI=1S/C26H32N2O7S/c1-5-27(6-2)36(32,33)21-13-11-18(12-14-21)24(29)22-23(19-9-7-10-20(17-19)35-4)28(15-8-16-34-3)26(31)25(22)30/h7,9-14,17,23,29H,5-6,8,15-16H2,1-4H3/b24-22+. The number of amides is 1. The third kappa shape index (κ3) is 5.30. The van der Waals surface area contributed by atoms with Gasteiger partial charge in [-0.05, 0) is 48.4 Å². The molecule has 1 unspecified atom stereocenters. The number of ketones is 1. The van der Waals surface area contributed by atoms with Gasteiger partial charge in [0.05, 0.1) is 23.6 Å². The lowest BCUT2D eigenvalue weighted by Crippen LogP contribution is -2.31. The van der Waals surface area contributed by atoms with Crippen LogP contribution in [-0.2, 0) is 24.3 Å². The van der Waals surface area contributed by atoms with Crippen LogP contribution in [0.25, 0.3) is 5.76 Å². The number of benzene rings is 2. The third-order valence-electron chi connectivity index (χ3n) is 6.17. The van der Waals surface area contributed by atoms with Crippen molar-refractivity contribution in [3.05, 3.63) is 65.2 Å². The number of methoxy groups -OCH3 is 2. The van der Waals surface area contributed by atoms with Gasteiger partial charge in [-0.3, -0.25) is 9.59 Å². The molecule has 0 bridgehead atoms. The number of carbonyl (C=O) groups is 2. The molecule has 2 aromatic rings. The van der Waals surface area contributed by atoms with Crippen molar-refractivity contribution in [2.75, 3.05) is 40.5 Å². The van der Waals surface area contributed by atoms with Crippen molar-refractivity contribution in [1.29, 1.82) is 0 Å². The Bertz CT molecular complexity index is 1240. The average molecular weight is 517 g/mol. The van der Waals surface area contributed by atoms with E-state index in [9.17, 15) is 23.1 Å². The van der Waals surface area contributed by atoms with E-state index in [-0.39, 0.29) is 28.3 Å². The van der Waals surface area contributed by atoms with Crippen LogP contribution in [0.3, 0.4) is 0 Å². The summed E-state index contributed by atoms with van der Waals surface area (Å²) >= 11 is 0. The predicted molar refractivity (Wildman–Crippen MR) is 135 cm³/mol. The van der Waals surface area contributed by atoms with Gasteiger partial charge in [0.1, 0.15) is 11.5 Å². The number of Topliss-reactive ketones (excluding diaryl/α,β-unsaturated/α-hetero) is 1. The van der Waals surface area contributed by atoms with Crippen molar-refractivity contribution >= 4 is 27.5 Å². The van der Waals surface area contributed by atoms with Gasteiger partial charge in [-0.15, -0.1) is 0 Å². The molecule has 0 radical (unpaired) electrons. The Kier molecular flexibility index (Phi) is 8.89. The minimum atomic E-state index is -3.68. The van der Waals surface area contributed by atoms with E-state index >= 15 is 0 Å². The Balaban J connectivity index is 2.09. The maximum absolute atomic E-state index is 13.1. The van der Waals surface area contributed by atoms with E-state index in [2.05, 4.69) is 0 Å². The molecule has 1 N–H and O–H groups in total. The van der Waals surface area contributed by atoms with Gasteiger partial charge >= 0.3 is 0 Å². The van der Waals surface area contributed by atoms with Crippen molar-refractivity contribution in [1.82, 2.24) is 9.21 Å². The van der Waals surface area contributed by atoms with E-state index in [4.69, 9.17) is 9.47 Å². The fourth-order valence-corrected chi connectivity index (χ4v) is 5.76. The zero-order chi connectivity index (χ0) is 26.5. The number of hydrogen-bond donors (Lipinski definition) is 1. The average Bonchev–Trinajstić information content (AvgIpc) is 3.14. The van der Waals surface area contributed by atoms with Crippen LogP contribution in [0.5, 0.6) is 5.75 Å². The maximum atomic E-state index is 13.1. The first-order chi connectivity index (χ1) is 17.2. The van der Waals surface area contributed by atoms with E-state index < -0.39 is 27.8 Å². The van der Waals surface area contributed by atoms with E-state index in [1.807, 2.05) is 0 Å². The zero-order valence-corrected chi connectivity index (χ0v) is 21.7. The molecule has 10 heteroatoms. The van der Waals surface area contributed by atoms with Gasteiger partial charge in [-0.1, -0.05) is 26.0 Å². The molecule has 3 rings (SSSR count).